The molecule has 0 heterocycles. The average molecular weight is 419 g/mol. The zero-order chi connectivity index (χ0) is 21.8. The zero-order valence-electron chi connectivity index (χ0n) is 16.4. The molecular weight excluding hydrogens is 398 g/mol. The predicted molar refractivity (Wildman–Crippen MR) is 107 cm³/mol. The molecule has 0 aliphatic carbocycles. The summed E-state index contributed by atoms with van der Waals surface area (Å²) in [5, 5.41) is 18.8. The molecule has 0 aliphatic rings. The third-order valence-corrected chi connectivity index (χ3v) is 5.86. The summed E-state index contributed by atoms with van der Waals surface area (Å²) in [6.45, 7) is -0.859. The Labute approximate surface area is 169 Å². The summed E-state index contributed by atoms with van der Waals surface area (Å²) in [5.41, 5.74) is 0.605. The van der Waals surface area contributed by atoms with Crippen LogP contribution in [0.25, 0.3) is 0 Å². The number of hydrogen-bond donors (Lipinski definition) is 1. The minimum atomic E-state index is -4.33. The molecule has 9 nitrogen and oxygen atoms in total. The van der Waals surface area contributed by atoms with E-state index in [2.05, 4.69) is 0 Å². The van der Waals surface area contributed by atoms with Gasteiger partial charge in [0, 0.05) is 25.8 Å². The first-order valence-corrected chi connectivity index (χ1v) is 9.77. The van der Waals surface area contributed by atoms with E-state index < -0.39 is 22.5 Å². The summed E-state index contributed by atoms with van der Waals surface area (Å²) in [5.74, 6) is -0.872. The van der Waals surface area contributed by atoms with Gasteiger partial charge in [-0.1, -0.05) is 0 Å². The molecule has 2 aromatic carbocycles. The number of carbonyl (C=O) groups is 1. The van der Waals surface area contributed by atoms with E-state index in [1.54, 1.807) is 25.1 Å². The van der Waals surface area contributed by atoms with Gasteiger partial charge in [0.2, 0.25) is 0 Å². The third-order valence-electron chi connectivity index (χ3n) is 4.11. The Balaban J connectivity index is 2.72. The highest BCUT2D eigenvalue weighted by atomic mass is 32.2. The Morgan fingerprint density at radius 3 is 2.28 bits per heavy atom. The number of hydrogen-bond acceptors (Lipinski definition) is 7. The maximum absolute atomic E-state index is 13.3. The van der Waals surface area contributed by atoms with E-state index in [0.717, 1.165) is 0 Å². The summed E-state index contributed by atoms with van der Waals surface area (Å²) in [4.78, 5) is 13.0. The number of nitrogens with zero attached hydrogens (tertiary/aromatic N) is 3. The van der Waals surface area contributed by atoms with E-state index >= 15 is 0 Å². The number of carboxylic acids is 1. The Hall–Kier alpha value is -3.45. The van der Waals surface area contributed by atoms with Gasteiger partial charge in [-0.15, -0.1) is 0 Å². The van der Waals surface area contributed by atoms with Crippen LogP contribution in [-0.4, -0.2) is 54.4 Å². The third kappa shape index (κ3) is 4.52. The molecule has 0 aliphatic heterocycles. The molecule has 0 fully saturated rings. The quantitative estimate of drug-likeness (QED) is 0.689. The minimum absolute atomic E-state index is 0.0286. The average Bonchev–Trinajstić information content (AvgIpc) is 2.70. The highest BCUT2D eigenvalue weighted by Crippen LogP contribution is 2.34. The lowest BCUT2D eigenvalue weighted by atomic mass is 10.1. The topological polar surface area (TPSA) is 120 Å². The highest BCUT2D eigenvalue weighted by molar-refractivity contribution is 7.92. The summed E-state index contributed by atoms with van der Waals surface area (Å²) < 4.78 is 37.6. The fraction of sp³-hybridized carbons (Fsp3) is 0.263. The normalized spacial score (nSPS) is 10.7. The molecule has 2 rings (SSSR count). The van der Waals surface area contributed by atoms with Gasteiger partial charge in [0.25, 0.3) is 10.0 Å². The molecule has 0 spiro atoms. The predicted octanol–water partition coefficient (Wildman–Crippen LogP) is 1.92. The van der Waals surface area contributed by atoms with E-state index in [1.165, 1.54) is 44.6 Å². The molecular formula is C19H21N3O6S. The van der Waals surface area contributed by atoms with Crippen molar-refractivity contribution >= 4 is 27.4 Å². The van der Waals surface area contributed by atoms with Gasteiger partial charge >= 0.3 is 5.97 Å². The van der Waals surface area contributed by atoms with Crippen molar-refractivity contribution in [1.29, 1.82) is 5.26 Å². The van der Waals surface area contributed by atoms with Crippen LogP contribution >= 0.6 is 0 Å². The Morgan fingerprint density at radius 2 is 1.76 bits per heavy atom. The summed E-state index contributed by atoms with van der Waals surface area (Å²) in [7, 11) is 1.93. The second-order valence-electron chi connectivity index (χ2n) is 6.13. The van der Waals surface area contributed by atoms with Crippen LogP contribution in [0.2, 0.25) is 0 Å². The number of ether oxygens (including phenoxy) is 2. The van der Waals surface area contributed by atoms with Crippen LogP contribution in [0, 0.1) is 11.3 Å². The van der Waals surface area contributed by atoms with Gasteiger partial charge in [0.1, 0.15) is 12.6 Å². The fourth-order valence-electron chi connectivity index (χ4n) is 2.63. The van der Waals surface area contributed by atoms with E-state index in [1.807, 2.05) is 6.07 Å². The van der Waals surface area contributed by atoms with Crippen molar-refractivity contribution in [3.63, 3.8) is 0 Å². The molecule has 29 heavy (non-hydrogen) atoms. The first-order chi connectivity index (χ1) is 13.6. The Morgan fingerprint density at radius 1 is 1.10 bits per heavy atom. The van der Waals surface area contributed by atoms with Crippen molar-refractivity contribution in [2.75, 3.05) is 44.1 Å². The molecule has 0 unspecified atom stereocenters. The van der Waals surface area contributed by atoms with Crippen molar-refractivity contribution in [3.05, 3.63) is 42.0 Å². The van der Waals surface area contributed by atoms with E-state index in [9.17, 15) is 23.6 Å². The second kappa shape index (κ2) is 8.70. The Bertz CT molecular complexity index is 1060. The van der Waals surface area contributed by atoms with Gasteiger partial charge in [-0.25, -0.2) is 8.42 Å². The van der Waals surface area contributed by atoms with Gasteiger partial charge in [-0.05, 0) is 30.3 Å². The van der Waals surface area contributed by atoms with Crippen molar-refractivity contribution in [1.82, 2.24) is 0 Å². The summed E-state index contributed by atoms with van der Waals surface area (Å²) in [6, 6.07) is 10.4. The maximum atomic E-state index is 13.3. The number of aliphatic carboxylic acids is 1. The molecule has 0 radical (unpaired) electrons. The van der Waals surface area contributed by atoms with Crippen molar-refractivity contribution in [2.24, 2.45) is 0 Å². The van der Waals surface area contributed by atoms with Gasteiger partial charge in [-0.3, -0.25) is 9.10 Å². The summed E-state index contributed by atoms with van der Waals surface area (Å²) >= 11 is 0. The van der Waals surface area contributed by atoms with Gasteiger partial charge in [0.05, 0.1) is 30.4 Å². The van der Waals surface area contributed by atoms with Crippen molar-refractivity contribution in [2.45, 2.75) is 4.90 Å². The van der Waals surface area contributed by atoms with Crippen LogP contribution in [0.5, 0.6) is 11.5 Å². The SMILES string of the molecule is COc1ccc(S(=O)(=O)N(CC(=O)O)c2cc(N(C)C)ccc2C#N)cc1OC. The van der Waals surface area contributed by atoms with Crippen LogP contribution in [-0.2, 0) is 14.8 Å². The first-order valence-electron chi connectivity index (χ1n) is 8.33. The maximum Gasteiger partial charge on any atom is 0.324 e. The number of sulfonamides is 1. The molecule has 0 saturated heterocycles. The number of nitriles is 1. The van der Waals surface area contributed by atoms with Crippen molar-refractivity contribution in [3.8, 4) is 17.6 Å². The lowest BCUT2D eigenvalue weighted by Gasteiger charge is -2.25. The van der Waals surface area contributed by atoms with E-state index in [-0.39, 0.29) is 21.9 Å². The smallest absolute Gasteiger partial charge is 0.324 e. The molecule has 0 bridgehead atoms. The van der Waals surface area contributed by atoms with Crippen LogP contribution in [0.15, 0.2) is 41.3 Å². The molecule has 154 valence electrons. The van der Waals surface area contributed by atoms with Crippen LogP contribution in [0.1, 0.15) is 5.56 Å². The molecule has 0 aromatic heterocycles. The number of carboxylic acid groups (broad SMARTS) is 1. The van der Waals surface area contributed by atoms with Crippen LogP contribution in [0.4, 0.5) is 11.4 Å². The monoisotopic (exact) mass is 419 g/mol. The lowest BCUT2D eigenvalue weighted by molar-refractivity contribution is -0.135. The fourth-order valence-corrected chi connectivity index (χ4v) is 4.07. The number of rotatable bonds is 8. The van der Waals surface area contributed by atoms with Gasteiger partial charge in [0.15, 0.2) is 11.5 Å². The largest absolute Gasteiger partial charge is 0.493 e. The molecule has 10 heteroatoms. The lowest BCUT2D eigenvalue weighted by Crippen LogP contribution is -2.36. The van der Waals surface area contributed by atoms with Crippen LogP contribution in [0.3, 0.4) is 0 Å². The van der Waals surface area contributed by atoms with Gasteiger partial charge in [-0.2, -0.15) is 5.26 Å². The van der Waals surface area contributed by atoms with Crippen molar-refractivity contribution < 1.29 is 27.8 Å². The zero-order valence-corrected chi connectivity index (χ0v) is 17.2. The second-order valence-corrected chi connectivity index (χ2v) is 7.99. The minimum Gasteiger partial charge on any atom is -0.493 e. The molecule has 0 saturated carbocycles. The van der Waals surface area contributed by atoms with E-state index in [0.29, 0.717) is 15.7 Å². The molecule has 1 N–H and O–H groups in total. The first kappa shape index (κ1) is 21.8. The molecule has 2 aromatic rings. The number of anilines is 2. The highest BCUT2D eigenvalue weighted by Gasteiger charge is 2.30. The molecule has 0 atom stereocenters. The Kier molecular flexibility index (Phi) is 6.56. The summed E-state index contributed by atoms with van der Waals surface area (Å²) in [6.07, 6.45) is 0. The van der Waals surface area contributed by atoms with E-state index in [4.69, 9.17) is 9.47 Å². The van der Waals surface area contributed by atoms with Gasteiger partial charge < -0.3 is 19.5 Å². The number of methoxy groups -OCH3 is 2. The number of benzene rings is 2. The van der Waals surface area contributed by atoms with Crippen LogP contribution < -0.4 is 18.7 Å². The molecule has 0 amide bonds. The standard InChI is InChI=1S/C19H21N3O6S/c1-21(2)14-6-5-13(11-20)16(9-14)22(12-19(23)24)29(25,26)15-7-8-17(27-3)18(10-15)28-4/h5-10H,12H2,1-4H3,(H,23,24).